The van der Waals surface area contributed by atoms with Gasteiger partial charge in [0.25, 0.3) is 11.8 Å². The van der Waals surface area contributed by atoms with Gasteiger partial charge in [-0.15, -0.1) is 0 Å². The minimum absolute atomic E-state index is 0.00650. The summed E-state index contributed by atoms with van der Waals surface area (Å²) in [5.41, 5.74) is 1.04. The number of rotatable bonds is 4. The minimum Gasteiger partial charge on any atom is -0.484 e. The van der Waals surface area contributed by atoms with E-state index in [2.05, 4.69) is 10.6 Å². The van der Waals surface area contributed by atoms with E-state index in [4.69, 9.17) is 21.1 Å². The fourth-order valence-electron chi connectivity index (χ4n) is 2.05. The van der Waals surface area contributed by atoms with Crippen LogP contribution in [0, 0.1) is 0 Å². The zero-order valence-corrected chi connectivity index (χ0v) is 12.7. The van der Waals surface area contributed by atoms with Crippen LogP contribution in [0.2, 0.25) is 5.02 Å². The third-order valence-corrected chi connectivity index (χ3v) is 3.43. The van der Waals surface area contributed by atoms with E-state index in [-0.39, 0.29) is 25.0 Å². The molecule has 2 amide bonds. The second-order valence-corrected chi connectivity index (χ2v) is 5.22. The summed E-state index contributed by atoms with van der Waals surface area (Å²) in [7, 11) is 0. The Morgan fingerprint density at radius 2 is 2.13 bits per heavy atom. The summed E-state index contributed by atoms with van der Waals surface area (Å²) in [6.45, 7) is -0.188. The molecular formula is C16H13ClN2O4. The number of carbonyl (C=O) groups is 2. The SMILES string of the molecule is O=C(COc1ccc2c(c1)NC(=O)CO2)Nc1ccccc1Cl. The van der Waals surface area contributed by atoms with Crippen molar-refractivity contribution in [3.63, 3.8) is 0 Å². The number of hydrogen-bond donors (Lipinski definition) is 2. The van der Waals surface area contributed by atoms with E-state index < -0.39 is 0 Å². The molecule has 2 aromatic carbocycles. The monoisotopic (exact) mass is 332 g/mol. The van der Waals surface area contributed by atoms with Crippen LogP contribution in [0.3, 0.4) is 0 Å². The van der Waals surface area contributed by atoms with Crippen LogP contribution in [0.25, 0.3) is 0 Å². The highest BCUT2D eigenvalue weighted by Crippen LogP contribution is 2.31. The third-order valence-electron chi connectivity index (χ3n) is 3.10. The van der Waals surface area contributed by atoms with Gasteiger partial charge in [-0.25, -0.2) is 0 Å². The zero-order chi connectivity index (χ0) is 16.2. The van der Waals surface area contributed by atoms with E-state index in [1.54, 1.807) is 42.5 Å². The van der Waals surface area contributed by atoms with Gasteiger partial charge in [-0.05, 0) is 24.3 Å². The summed E-state index contributed by atoms with van der Waals surface area (Å²) in [4.78, 5) is 23.2. The molecule has 1 heterocycles. The van der Waals surface area contributed by atoms with E-state index in [0.29, 0.717) is 27.9 Å². The van der Waals surface area contributed by atoms with Gasteiger partial charge in [0.05, 0.1) is 16.4 Å². The zero-order valence-electron chi connectivity index (χ0n) is 12.0. The number of amides is 2. The minimum atomic E-state index is -0.337. The van der Waals surface area contributed by atoms with Crippen molar-refractivity contribution < 1.29 is 19.1 Å². The van der Waals surface area contributed by atoms with E-state index in [1.807, 2.05) is 0 Å². The molecule has 1 aliphatic rings. The number of halogens is 1. The van der Waals surface area contributed by atoms with Gasteiger partial charge in [-0.2, -0.15) is 0 Å². The Bertz CT molecular complexity index is 763. The van der Waals surface area contributed by atoms with Crippen LogP contribution < -0.4 is 20.1 Å². The number of ether oxygens (including phenoxy) is 2. The number of benzene rings is 2. The van der Waals surface area contributed by atoms with Crippen molar-refractivity contribution in [3.05, 3.63) is 47.5 Å². The van der Waals surface area contributed by atoms with Gasteiger partial charge in [-0.1, -0.05) is 23.7 Å². The molecular weight excluding hydrogens is 320 g/mol. The van der Waals surface area contributed by atoms with Crippen LogP contribution >= 0.6 is 11.6 Å². The van der Waals surface area contributed by atoms with Crippen molar-refractivity contribution in [1.29, 1.82) is 0 Å². The van der Waals surface area contributed by atoms with E-state index >= 15 is 0 Å². The first kappa shape index (κ1) is 15.2. The van der Waals surface area contributed by atoms with Gasteiger partial charge >= 0.3 is 0 Å². The van der Waals surface area contributed by atoms with Gasteiger partial charge in [-0.3, -0.25) is 9.59 Å². The number of para-hydroxylation sites is 1. The molecule has 0 unspecified atom stereocenters. The van der Waals surface area contributed by atoms with Crippen molar-refractivity contribution in [2.45, 2.75) is 0 Å². The normalized spacial score (nSPS) is 12.7. The van der Waals surface area contributed by atoms with Crippen LogP contribution in [0.4, 0.5) is 11.4 Å². The average Bonchev–Trinajstić information content (AvgIpc) is 2.54. The molecule has 3 rings (SSSR count). The van der Waals surface area contributed by atoms with Crippen molar-refractivity contribution >= 4 is 34.8 Å². The molecule has 1 aliphatic heterocycles. The first-order valence-corrected chi connectivity index (χ1v) is 7.23. The van der Waals surface area contributed by atoms with E-state index in [9.17, 15) is 9.59 Å². The van der Waals surface area contributed by atoms with Gasteiger partial charge in [0, 0.05) is 6.07 Å². The molecule has 2 aromatic rings. The van der Waals surface area contributed by atoms with Crippen molar-refractivity contribution in [2.75, 3.05) is 23.8 Å². The molecule has 0 atom stereocenters. The molecule has 0 fully saturated rings. The highest BCUT2D eigenvalue weighted by molar-refractivity contribution is 6.33. The Hall–Kier alpha value is -2.73. The Labute approximate surface area is 137 Å². The van der Waals surface area contributed by atoms with E-state index in [1.165, 1.54) is 0 Å². The number of fused-ring (bicyclic) bond motifs is 1. The predicted octanol–water partition coefficient (Wildman–Crippen LogP) is 2.69. The summed E-state index contributed by atoms with van der Waals surface area (Å²) in [5, 5.41) is 5.79. The smallest absolute Gasteiger partial charge is 0.262 e. The maximum absolute atomic E-state index is 11.9. The van der Waals surface area contributed by atoms with Crippen LogP contribution in [-0.4, -0.2) is 25.0 Å². The van der Waals surface area contributed by atoms with Crippen molar-refractivity contribution in [3.8, 4) is 11.5 Å². The molecule has 7 heteroatoms. The molecule has 0 radical (unpaired) electrons. The topological polar surface area (TPSA) is 76.7 Å². The van der Waals surface area contributed by atoms with Crippen LogP contribution in [-0.2, 0) is 9.59 Å². The van der Waals surface area contributed by atoms with Gasteiger partial charge < -0.3 is 20.1 Å². The van der Waals surface area contributed by atoms with E-state index in [0.717, 1.165) is 0 Å². The Morgan fingerprint density at radius 3 is 2.96 bits per heavy atom. The van der Waals surface area contributed by atoms with Gasteiger partial charge in [0.1, 0.15) is 11.5 Å². The molecule has 0 spiro atoms. The molecule has 23 heavy (non-hydrogen) atoms. The van der Waals surface area contributed by atoms with Crippen LogP contribution in [0.1, 0.15) is 0 Å². The lowest BCUT2D eigenvalue weighted by Crippen LogP contribution is -2.25. The van der Waals surface area contributed by atoms with Gasteiger partial charge in [0.2, 0.25) is 0 Å². The summed E-state index contributed by atoms with van der Waals surface area (Å²) in [6, 6.07) is 11.9. The number of hydrogen-bond acceptors (Lipinski definition) is 4. The number of nitrogens with one attached hydrogen (secondary N) is 2. The maximum atomic E-state index is 11.9. The van der Waals surface area contributed by atoms with Crippen molar-refractivity contribution in [1.82, 2.24) is 0 Å². The standard InChI is InChI=1S/C16H13ClN2O4/c17-11-3-1-2-4-12(11)18-15(20)8-22-10-5-6-14-13(7-10)19-16(21)9-23-14/h1-7H,8-9H2,(H,18,20)(H,19,21). The summed E-state index contributed by atoms with van der Waals surface area (Å²) in [6.07, 6.45) is 0. The molecule has 6 nitrogen and oxygen atoms in total. The predicted molar refractivity (Wildman–Crippen MR) is 86.1 cm³/mol. The molecule has 0 saturated heterocycles. The molecule has 118 valence electrons. The quantitative estimate of drug-likeness (QED) is 0.902. The Balaban J connectivity index is 1.60. The first-order chi connectivity index (χ1) is 11.1. The summed E-state index contributed by atoms with van der Waals surface area (Å²) < 4.78 is 10.7. The maximum Gasteiger partial charge on any atom is 0.262 e. The highest BCUT2D eigenvalue weighted by atomic mass is 35.5. The number of anilines is 2. The lowest BCUT2D eigenvalue weighted by Gasteiger charge is -2.18. The molecule has 0 aliphatic carbocycles. The summed E-state index contributed by atoms with van der Waals surface area (Å²) >= 11 is 5.97. The fraction of sp³-hybridized carbons (Fsp3) is 0.125. The largest absolute Gasteiger partial charge is 0.484 e. The lowest BCUT2D eigenvalue weighted by atomic mass is 10.2. The second kappa shape index (κ2) is 6.58. The lowest BCUT2D eigenvalue weighted by molar-refractivity contribution is -0.119. The summed E-state index contributed by atoms with van der Waals surface area (Å²) in [5.74, 6) is 0.448. The fourth-order valence-corrected chi connectivity index (χ4v) is 2.23. The molecule has 0 bridgehead atoms. The molecule has 2 N–H and O–H groups in total. The number of carbonyl (C=O) groups excluding carboxylic acids is 2. The first-order valence-electron chi connectivity index (χ1n) is 6.86. The average molecular weight is 333 g/mol. The van der Waals surface area contributed by atoms with Crippen LogP contribution in [0.5, 0.6) is 11.5 Å². The Kier molecular flexibility index (Phi) is 4.34. The molecule has 0 saturated carbocycles. The highest BCUT2D eigenvalue weighted by Gasteiger charge is 2.16. The Morgan fingerprint density at radius 1 is 1.30 bits per heavy atom. The van der Waals surface area contributed by atoms with Crippen LogP contribution in [0.15, 0.2) is 42.5 Å². The molecule has 0 aromatic heterocycles. The van der Waals surface area contributed by atoms with Crippen molar-refractivity contribution in [2.24, 2.45) is 0 Å². The second-order valence-electron chi connectivity index (χ2n) is 4.81. The van der Waals surface area contributed by atoms with Gasteiger partial charge in [0.15, 0.2) is 13.2 Å². The third kappa shape index (κ3) is 3.73.